The summed E-state index contributed by atoms with van der Waals surface area (Å²) in [6, 6.07) is 0. The fourth-order valence-electron chi connectivity index (χ4n) is 6.32. The molecule has 0 aromatic heterocycles. The van der Waals surface area contributed by atoms with Crippen molar-refractivity contribution in [3.63, 3.8) is 0 Å². The molecule has 6 nitrogen and oxygen atoms in total. The van der Waals surface area contributed by atoms with Crippen molar-refractivity contribution in [2.75, 3.05) is 13.2 Å². The zero-order valence-corrected chi connectivity index (χ0v) is 36.6. The van der Waals surface area contributed by atoms with Gasteiger partial charge in [0.25, 0.3) is 0 Å². The predicted octanol–water partition coefficient (Wildman–Crippen LogP) is 14.9. The first-order valence-corrected chi connectivity index (χ1v) is 23.3. The summed E-state index contributed by atoms with van der Waals surface area (Å²) in [5, 5.41) is 0. The molecule has 0 heterocycles. The summed E-state index contributed by atoms with van der Waals surface area (Å²) in [4.78, 5) is 37.7. The number of carbonyl (C=O) groups is 3. The molecule has 0 radical (unpaired) electrons. The Kier molecular flexibility index (Phi) is 42.5. The van der Waals surface area contributed by atoms with Gasteiger partial charge in [-0.15, -0.1) is 0 Å². The molecule has 0 fully saturated rings. The maximum absolute atomic E-state index is 12.7. The molecule has 0 N–H and O–H groups in total. The van der Waals surface area contributed by atoms with E-state index in [0.717, 1.165) is 116 Å². The van der Waals surface area contributed by atoms with Crippen molar-refractivity contribution in [3.8, 4) is 0 Å². The van der Waals surface area contributed by atoms with Crippen LogP contribution in [0, 0.1) is 0 Å². The summed E-state index contributed by atoms with van der Waals surface area (Å²) in [6.45, 7) is 6.37. The first kappa shape index (κ1) is 53.1. The van der Waals surface area contributed by atoms with E-state index in [1.54, 1.807) is 0 Å². The molecule has 0 saturated heterocycles. The highest BCUT2D eigenvalue weighted by Gasteiger charge is 2.19. The van der Waals surface area contributed by atoms with E-state index in [1.807, 2.05) is 0 Å². The van der Waals surface area contributed by atoms with E-state index < -0.39 is 6.10 Å². The van der Waals surface area contributed by atoms with Crippen molar-refractivity contribution in [1.82, 2.24) is 0 Å². The molecule has 0 aliphatic rings. The number of hydrogen-bond donors (Lipinski definition) is 0. The molecule has 0 amide bonds. The second kappa shape index (κ2) is 44.8. The molecular weight excluding hydrogens is 697 g/mol. The number of ether oxygens (including phenoxy) is 3. The maximum Gasteiger partial charge on any atom is 0.306 e. The average molecular weight is 783 g/mol. The molecule has 0 aromatic carbocycles. The third-order valence-electron chi connectivity index (χ3n) is 9.77. The second-order valence-electron chi connectivity index (χ2n) is 15.3. The van der Waals surface area contributed by atoms with Gasteiger partial charge in [0.1, 0.15) is 13.2 Å². The number of unbranched alkanes of at least 4 members (excludes halogenated alkanes) is 20. The summed E-state index contributed by atoms with van der Waals surface area (Å²) in [6.07, 6.45) is 53.4. The van der Waals surface area contributed by atoms with E-state index >= 15 is 0 Å². The van der Waals surface area contributed by atoms with E-state index in [9.17, 15) is 14.4 Å². The van der Waals surface area contributed by atoms with Crippen LogP contribution >= 0.6 is 0 Å². The molecule has 0 saturated carbocycles. The van der Waals surface area contributed by atoms with Gasteiger partial charge in [-0.25, -0.2) is 0 Å². The second-order valence-corrected chi connectivity index (χ2v) is 15.3. The van der Waals surface area contributed by atoms with Gasteiger partial charge in [-0.1, -0.05) is 184 Å². The van der Waals surface area contributed by atoms with Crippen molar-refractivity contribution in [2.24, 2.45) is 0 Å². The Morgan fingerprint density at radius 1 is 0.375 bits per heavy atom. The highest BCUT2D eigenvalue weighted by atomic mass is 16.6. The highest BCUT2D eigenvalue weighted by molar-refractivity contribution is 5.71. The molecule has 0 spiro atoms. The van der Waals surface area contributed by atoms with Crippen LogP contribution < -0.4 is 0 Å². The largest absolute Gasteiger partial charge is 0.462 e. The van der Waals surface area contributed by atoms with Crippen molar-refractivity contribution in [1.29, 1.82) is 0 Å². The molecule has 0 aliphatic carbocycles. The normalized spacial score (nSPS) is 12.6. The van der Waals surface area contributed by atoms with Crippen LogP contribution in [-0.4, -0.2) is 37.2 Å². The summed E-state index contributed by atoms with van der Waals surface area (Å²) < 4.78 is 16.7. The standard InChI is InChI=1S/C50H86O6/c1-4-7-10-13-16-19-22-24-25-26-27-29-31-34-37-40-43-49(52)55-46-47(45-54-48(51)42-39-36-33-30-21-18-15-12-9-6-3)56-50(53)44-41-38-35-32-28-23-20-17-14-11-8-5-2/h7-8,10-11,16-17,19-20,24-25,47H,4-6,9,12-15,18,21-23,26-46H2,1-3H3/b10-7-,11-8-,19-16-,20-17-,25-24-. The summed E-state index contributed by atoms with van der Waals surface area (Å²) in [5.41, 5.74) is 0. The molecule has 0 aromatic rings. The van der Waals surface area contributed by atoms with E-state index in [4.69, 9.17) is 14.2 Å². The minimum Gasteiger partial charge on any atom is -0.462 e. The summed E-state index contributed by atoms with van der Waals surface area (Å²) in [7, 11) is 0. The SMILES string of the molecule is CC/C=C\C/C=C\C/C=C\CCCCCCCCC(=O)OCC(COC(=O)CCCCCCCCCCCC)OC(=O)CCCCCCC/C=C\C/C=C\CC. The number of hydrogen-bond acceptors (Lipinski definition) is 6. The van der Waals surface area contributed by atoms with E-state index in [-0.39, 0.29) is 31.1 Å². The smallest absolute Gasteiger partial charge is 0.306 e. The first-order valence-electron chi connectivity index (χ1n) is 23.3. The van der Waals surface area contributed by atoms with Gasteiger partial charge in [-0.3, -0.25) is 14.4 Å². The van der Waals surface area contributed by atoms with Gasteiger partial charge in [-0.05, 0) is 77.0 Å². The van der Waals surface area contributed by atoms with Gasteiger partial charge in [0.15, 0.2) is 6.10 Å². The van der Waals surface area contributed by atoms with E-state index in [2.05, 4.69) is 81.5 Å². The molecule has 1 atom stereocenters. The van der Waals surface area contributed by atoms with Crippen molar-refractivity contribution >= 4 is 17.9 Å². The van der Waals surface area contributed by atoms with Gasteiger partial charge in [0.2, 0.25) is 0 Å². The first-order chi connectivity index (χ1) is 27.5. The number of carbonyl (C=O) groups excluding carboxylic acids is 3. The quantitative estimate of drug-likeness (QED) is 0.0266. The predicted molar refractivity (Wildman–Crippen MR) is 238 cm³/mol. The Labute approximate surface area is 345 Å². The Bertz CT molecular complexity index is 1040. The van der Waals surface area contributed by atoms with Gasteiger partial charge in [0.05, 0.1) is 0 Å². The van der Waals surface area contributed by atoms with Gasteiger partial charge in [0, 0.05) is 19.3 Å². The minimum atomic E-state index is -0.782. The zero-order chi connectivity index (χ0) is 40.8. The van der Waals surface area contributed by atoms with Crippen LogP contribution in [0.5, 0.6) is 0 Å². The van der Waals surface area contributed by atoms with Gasteiger partial charge in [-0.2, -0.15) is 0 Å². The van der Waals surface area contributed by atoms with Crippen LogP contribution in [-0.2, 0) is 28.6 Å². The Morgan fingerprint density at radius 3 is 1.09 bits per heavy atom. The van der Waals surface area contributed by atoms with Crippen LogP contribution in [0.1, 0.15) is 220 Å². The molecule has 322 valence electrons. The highest BCUT2D eigenvalue weighted by Crippen LogP contribution is 2.14. The van der Waals surface area contributed by atoms with Crippen LogP contribution in [0.3, 0.4) is 0 Å². The molecule has 0 bridgehead atoms. The minimum absolute atomic E-state index is 0.0834. The molecular formula is C50H86O6. The lowest BCUT2D eigenvalue weighted by atomic mass is 10.1. The molecule has 6 heteroatoms. The van der Waals surface area contributed by atoms with Gasteiger partial charge >= 0.3 is 17.9 Å². The molecule has 1 unspecified atom stereocenters. The number of allylic oxidation sites excluding steroid dienone is 10. The van der Waals surface area contributed by atoms with Gasteiger partial charge < -0.3 is 14.2 Å². The molecule has 56 heavy (non-hydrogen) atoms. The van der Waals surface area contributed by atoms with Crippen molar-refractivity contribution in [2.45, 2.75) is 226 Å². The monoisotopic (exact) mass is 783 g/mol. The lowest BCUT2D eigenvalue weighted by molar-refractivity contribution is -0.167. The fourth-order valence-corrected chi connectivity index (χ4v) is 6.32. The van der Waals surface area contributed by atoms with Crippen LogP contribution in [0.25, 0.3) is 0 Å². The maximum atomic E-state index is 12.7. The summed E-state index contributed by atoms with van der Waals surface area (Å²) in [5.74, 6) is -0.915. The van der Waals surface area contributed by atoms with Crippen LogP contribution in [0.4, 0.5) is 0 Å². The average Bonchev–Trinajstić information content (AvgIpc) is 3.19. The van der Waals surface area contributed by atoms with Crippen LogP contribution in [0.2, 0.25) is 0 Å². The number of esters is 3. The zero-order valence-electron chi connectivity index (χ0n) is 36.6. The number of rotatable bonds is 41. The Hall–Kier alpha value is -2.89. The third kappa shape index (κ3) is 42.3. The Morgan fingerprint density at radius 2 is 0.696 bits per heavy atom. The fraction of sp³-hybridized carbons (Fsp3) is 0.740. The Balaban J connectivity index is 4.39. The third-order valence-corrected chi connectivity index (χ3v) is 9.77. The van der Waals surface area contributed by atoms with Crippen molar-refractivity contribution < 1.29 is 28.6 Å². The molecule has 0 aliphatic heterocycles. The lowest BCUT2D eigenvalue weighted by Crippen LogP contribution is -2.30. The topological polar surface area (TPSA) is 78.9 Å². The van der Waals surface area contributed by atoms with E-state index in [1.165, 1.54) is 64.2 Å². The molecule has 0 rings (SSSR count). The summed E-state index contributed by atoms with van der Waals surface area (Å²) >= 11 is 0. The van der Waals surface area contributed by atoms with Crippen molar-refractivity contribution in [3.05, 3.63) is 60.8 Å². The lowest BCUT2D eigenvalue weighted by Gasteiger charge is -2.18. The van der Waals surface area contributed by atoms with E-state index in [0.29, 0.717) is 19.3 Å². The van der Waals surface area contributed by atoms with Crippen LogP contribution in [0.15, 0.2) is 60.8 Å².